The standard InChI is InChI=1S/C16H25N3O3/c1-16(2,3)22-15(21)18-11-9-12-4-6-13(7-5-12)19-14(20)8-10-17/h4-7H,8-11,17H2,1-3H3,(H,18,21)(H,19,20). The monoisotopic (exact) mass is 307 g/mol. The zero-order valence-electron chi connectivity index (χ0n) is 13.4. The van der Waals surface area contributed by atoms with Crippen LogP contribution in [-0.2, 0) is 16.0 Å². The van der Waals surface area contributed by atoms with Gasteiger partial charge in [-0.1, -0.05) is 12.1 Å². The fourth-order valence-corrected chi connectivity index (χ4v) is 1.73. The highest BCUT2D eigenvalue weighted by molar-refractivity contribution is 5.90. The predicted molar refractivity (Wildman–Crippen MR) is 86.7 cm³/mol. The van der Waals surface area contributed by atoms with Crippen LogP contribution < -0.4 is 16.4 Å². The SMILES string of the molecule is CC(C)(C)OC(=O)NCCc1ccc(NC(=O)CCN)cc1. The minimum atomic E-state index is -0.493. The lowest BCUT2D eigenvalue weighted by atomic mass is 10.1. The number of amides is 2. The molecular formula is C16H25N3O3. The van der Waals surface area contributed by atoms with Crippen LogP contribution in [0.2, 0.25) is 0 Å². The maximum Gasteiger partial charge on any atom is 0.407 e. The summed E-state index contributed by atoms with van der Waals surface area (Å²) in [6.07, 6.45) is 0.579. The quantitative estimate of drug-likeness (QED) is 0.749. The van der Waals surface area contributed by atoms with Crippen LogP contribution in [0.25, 0.3) is 0 Å². The van der Waals surface area contributed by atoms with Crippen molar-refractivity contribution in [3.8, 4) is 0 Å². The minimum Gasteiger partial charge on any atom is -0.444 e. The number of nitrogens with two attached hydrogens (primary N) is 1. The average molecular weight is 307 g/mol. The molecule has 0 atom stereocenters. The lowest BCUT2D eigenvalue weighted by molar-refractivity contribution is -0.116. The molecular weight excluding hydrogens is 282 g/mol. The average Bonchev–Trinajstić information content (AvgIpc) is 2.39. The highest BCUT2D eigenvalue weighted by Crippen LogP contribution is 2.10. The summed E-state index contributed by atoms with van der Waals surface area (Å²) in [5.74, 6) is -0.0955. The van der Waals surface area contributed by atoms with Crippen molar-refractivity contribution >= 4 is 17.7 Å². The van der Waals surface area contributed by atoms with Crippen molar-refractivity contribution in [3.05, 3.63) is 29.8 Å². The summed E-state index contributed by atoms with van der Waals surface area (Å²) in [6.45, 7) is 6.30. The van der Waals surface area contributed by atoms with Gasteiger partial charge < -0.3 is 21.1 Å². The van der Waals surface area contributed by atoms with Gasteiger partial charge in [-0.15, -0.1) is 0 Å². The van der Waals surface area contributed by atoms with Crippen LogP contribution in [0.15, 0.2) is 24.3 Å². The Labute approximate surface area is 131 Å². The van der Waals surface area contributed by atoms with Crippen molar-refractivity contribution in [1.29, 1.82) is 0 Å². The summed E-state index contributed by atoms with van der Waals surface area (Å²) in [6, 6.07) is 7.48. The molecule has 0 unspecified atom stereocenters. The van der Waals surface area contributed by atoms with Gasteiger partial charge >= 0.3 is 6.09 Å². The van der Waals surface area contributed by atoms with Crippen molar-refractivity contribution in [1.82, 2.24) is 5.32 Å². The number of benzene rings is 1. The summed E-state index contributed by atoms with van der Waals surface area (Å²) >= 11 is 0. The third-order valence-corrected chi connectivity index (χ3v) is 2.69. The Bertz CT molecular complexity index is 492. The second-order valence-electron chi connectivity index (χ2n) is 5.96. The highest BCUT2D eigenvalue weighted by atomic mass is 16.6. The van der Waals surface area contributed by atoms with Gasteiger partial charge in [0.2, 0.25) is 5.91 Å². The summed E-state index contributed by atoms with van der Waals surface area (Å²) in [5.41, 5.74) is 6.63. The van der Waals surface area contributed by atoms with Gasteiger partial charge in [0, 0.05) is 25.2 Å². The molecule has 22 heavy (non-hydrogen) atoms. The number of hydrogen-bond acceptors (Lipinski definition) is 4. The van der Waals surface area contributed by atoms with Crippen molar-refractivity contribution in [2.75, 3.05) is 18.4 Å². The van der Waals surface area contributed by atoms with Gasteiger partial charge in [-0.2, -0.15) is 0 Å². The van der Waals surface area contributed by atoms with E-state index < -0.39 is 11.7 Å². The first-order valence-corrected chi connectivity index (χ1v) is 7.36. The normalized spacial score (nSPS) is 10.9. The van der Waals surface area contributed by atoms with Crippen molar-refractivity contribution in [2.45, 2.75) is 39.2 Å². The molecule has 6 heteroatoms. The topological polar surface area (TPSA) is 93.5 Å². The highest BCUT2D eigenvalue weighted by Gasteiger charge is 2.15. The summed E-state index contributed by atoms with van der Waals surface area (Å²) in [5, 5.41) is 5.47. The molecule has 122 valence electrons. The van der Waals surface area contributed by atoms with E-state index in [1.165, 1.54) is 0 Å². The number of rotatable bonds is 6. The molecule has 0 aliphatic carbocycles. The Morgan fingerprint density at radius 1 is 1.18 bits per heavy atom. The number of hydrogen-bond donors (Lipinski definition) is 3. The van der Waals surface area contributed by atoms with E-state index in [0.717, 1.165) is 11.3 Å². The van der Waals surface area contributed by atoms with E-state index in [4.69, 9.17) is 10.5 Å². The first kappa shape index (κ1) is 18.0. The molecule has 0 fully saturated rings. The molecule has 0 heterocycles. The molecule has 0 saturated carbocycles. The van der Waals surface area contributed by atoms with Crippen LogP contribution in [-0.4, -0.2) is 30.7 Å². The smallest absolute Gasteiger partial charge is 0.407 e. The maximum atomic E-state index is 11.5. The minimum absolute atomic E-state index is 0.0955. The number of ether oxygens (including phenoxy) is 1. The largest absolute Gasteiger partial charge is 0.444 e. The fraction of sp³-hybridized carbons (Fsp3) is 0.500. The second kappa shape index (κ2) is 8.38. The molecule has 1 aromatic rings. The maximum absolute atomic E-state index is 11.5. The number of nitrogens with one attached hydrogen (secondary N) is 2. The van der Waals surface area contributed by atoms with E-state index in [2.05, 4.69) is 10.6 Å². The zero-order chi connectivity index (χ0) is 16.6. The van der Waals surface area contributed by atoms with Crippen molar-refractivity contribution < 1.29 is 14.3 Å². The molecule has 0 aromatic heterocycles. The van der Waals surface area contributed by atoms with Crippen LogP contribution in [0.4, 0.5) is 10.5 Å². The Hall–Kier alpha value is -2.08. The van der Waals surface area contributed by atoms with Crippen LogP contribution in [0, 0.1) is 0 Å². The summed E-state index contributed by atoms with van der Waals surface area (Å²) < 4.78 is 5.15. The second-order valence-corrected chi connectivity index (χ2v) is 5.96. The van der Waals surface area contributed by atoms with Gasteiger partial charge in [0.1, 0.15) is 5.60 Å². The van der Waals surface area contributed by atoms with Crippen LogP contribution in [0.5, 0.6) is 0 Å². The number of anilines is 1. The Morgan fingerprint density at radius 2 is 1.82 bits per heavy atom. The zero-order valence-corrected chi connectivity index (χ0v) is 13.4. The van der Waals surface area contributed by atoms with Gasteiger partial charge in [0.25, 0.3) is 0 Å². The molecule has 2 amide bonds. The predicted octanol–water partition coefficient (Wildman–Crippen LogP) is 2.04. The first-order valence-electron chi connectivity index (χ1n) is 7.36. The van der Waals surface area contributed by atoms with E-state index in [1.807, 2.05) is 45.0 Å². The van der Waals surface area contributed by atoms with Crippen molar-refractivity contribution in [3.63, 3.8) is 0 Å². The molecule has 4 N–H and O–H groups in total. The van der Waals surface area contributed by atoms with E-state index in [-0.39, 0.29) is 5.91 Å². The Balaban J connectivity index is 2.35. The van der Waals surface area contributed by atoms with E-state index in [0.29, 0.717) is 25.9 Å². The third-order valence-electron chi connectivity index (χ3n) is 2.69. The fourth-order valence-electron chi connectivity index (χ4n) is 1.73. The molecule has 0 radical (unpaired) electrons. The molecule has 0 bridgehead atoms. The van der Waals surface area contributed by atoms with Crippen LogP contribution >= 0.6 is 0 Å². The van der Waals surface area contributed by atoms with Crippen LogP contribution in [0.3, 0.4) is 0 Å². The molecule has 1 aromatic carbocycles. The molecule has 1 rings (SSSR count). The Morgan fingerprint density at radius 3 is 2.36 bits per heavy atom. The van der Waals surface area contributed by atoms with Crippen molar-refractivity contribution in [2.24, 2.45) is 5.73 Å². The molecule has 0 aliphatic rings. The lowest BCUT2D eigenvalue weighted by Crippen LogP contribution is -2.33. The Kier molecular flexibility index (Phi) is 6.85. The number of carbonyl (C=O) groups excluding carboxylic acids is 2. The molecule has 6 nitrogen and oxygen atoms in total. The summed E-state index contributed by atoms with van der Waals surface area (Å²) in [7, 11) is 0. The molecule has 0 aliphatic heterocycles. The van der Waals surface area contributed by atoms with Gasteiger partial charge in [0.05, 0.1) is 0 Å². The molecule has 0 saturated heterocycles. The van der Waals surface area contributed by atoms with Crippen LogP contribution in [0.1, 0.15) is 32.8 Å². The van der Waals surface area contributed by atoms with Gasteiger partial charge in [-0.3, -0.25) is 4.79 Å². The first-order chi connectivity index (χ1) is 10.3. The van der Waals surface area contributed by atoms with Gasteiger partial charge in [-0.25, -0.2) is 4.79 Å². The van der Waals surface area contributed by atoms with E-state index >= 15 is 0 Å². The third kappa shape index (κ3) is 7.64. The van der Waals surface area contributed by atoms with Gasteiger partial charge in [-0.05, 0) is 44.9 Å². The van der Waals surface area contributed by atoms with E-state index in [1.54, 1.807) is 0 Å². The molecule has 0 spiro atoms. The van der Waals surface area contributed by atoms with Gasteiger partial charge in [0.15, 0.2) is 0 Å². The lowest BCUT2D eigenvalue weighted by Gasteiger charge is -2.19. The number of alkyl carbamates (subject to hydrolysis) is 1. The summed E-state index contributed by atoms with van der Waals surface area (Å²) in [4.78, 5) is 22.9. The number of carbonyl (C=O) groups is 2. The van der Waals surface area contributed by atoms with E-state index in [9.17, 15) is 9.59 Å².